The molecule has 0 saturated carbocycles. The zero-order chi connectivity index (χ0) is 38.2. The van der Waals surface area contributed by atoms with Crippen molar-refractivity contribution in [1.29, 1.82) is 0 Å². The first-order chi connectivity index (χ1) is 27.4. The molecule has 0 unspecified atom stereocenters. The fourth-order valence-corrected chi connectivity index (χ4v) is 8.20. The Morgan fingerprint density at radius 3 is 1.00 bits per heavy atom. The number of aryl methyl sites for hydroxylation is 4. The molecule has 270 valence electrons. The molecule has 0 atom stereocenters. The summed E-state index contributed by atoms with van der Waals surface area (Å²) in [6, 6.07) is 70.8. The van der Waals surface area contributed by atoms with Gasteiger partial charge in [-0.05, 0) is 120 Å². The lowest BCUT2D eigenvalue weighted by Gasteiger charge is -2.28. The van der Waals surface area contributed by atoms with Gasteiger partial charge in [0.15, 0.2) is 0 Å². The number of rotatable bonds is 8. The van der Waals surface area contributed by atoms with Crippen molar-refractivity contribution in [2.75, 3.05) is 9.80 Å². The van der Waals surface area contributed by atoms with Crippen molar-refractivity contribution in [3.8, 4) is 22.3 Å². The van der Waals surface area contributed by atoms with Crippen molar-refractivity contribution in [1.82, 2.24) is 0 Å². The van der Waals surface area contributed by atoms with Gasteiger partial charge < -0.3 is 9.80 Å². The van der Waals surface area contributed by atoms with E-state index in [-0.39, 0.29) is 0 Å². The van der Waals surface area contributed by atoms with Gasteiger partial charge in [0.05, 0.1) is 11.4 Å². The standard InChI is InChI=1S/C54H44N2/c1-37-19-33-51(39(3)35-37)55(53-17-9-13-45-11-5-7-15-49(45)53)47-29-25-43(26-30-47)41-21-23-42(24-22-41)44-27-31-48(32-28-44)56(52-34-20-38(2)36-40(52)4)54-18-10-14-46-12-6-8-16-50(46)54/h5-36H,1-4H3. The second kappa shape index (κ2) is 14.7. The van der Waals surface area contributed by atoms with Crippen molar-refractivity contribution < 1.29 is 0 Å². The molecular weight excluding hydrogens is 677 g/mol. The molecule has 0 fully saturated rings. The van der Waals surface area contributed by atoms with Crippen molar-refractivity contribution >= 4 is 55.7 Å². The molecule has 9 aromatic carbocycles. The van der Waals surface area contributed by atoms with Crippen molar-refractivity contribution in [3.63, 3.8) is 0 Å². The number of nitrogens with zero attached hydrogens (tertiary/aromatic N) is 2. The Labute approximate surface area is 330 Å². The molecule has 9 rings (SSSR count). The SMILES string of the molecule is Cc1ccc(N(c2ccc(-c3ccc(-c4ccc(N(c5ccc(C)cc5C)c5cccc6ccccc56)cc4)cc3)cc2)c2cccc3ccccc23)c(C)c1. The first-order valence-corrected chi connectivity index (χ1v) is 19.4. The van der Waals surface area contributed by atoms with Crippen LogP contribution in [0.25, 0.3) is 43.8 Å². The highest BCUT2D eigenvalue weighted by molar-refractivity contribution is 6.00. The molecule has 9 aromatic rings. The molecule has 0 aliphatic carbocycles. The maximum Gasteiger partial charge on any atom is 0.0540 e. The Bertz CT molecular complexity index is 2620. The molecule has 0 bridgehead atoms. The minimum Gasteiger partial charge on any atom is -0.310 e. The van der Waals surface area contributed by atoms with Crippen LogP contribution >= 0.6 is 0 Å². The van der Waals surface area contributed by atoms with Gasteiger partial charge in [-0.2, -0.15) is 0 Å². The maximum absolute atomic E-state index is 2.40. The van der Waals surface area contributed by atoms with E-state index in [1.165, 1.54) is 88.8 Å². The Kier molecular flexibility index (Phi) is 9.17. The summed E-state index contributed by atoms with van der Waals surface area (Å²) in [5, 5.41) is 4.92. The van der Waals surface area contributed by atoms with Crippen LogP contribution in [-0.4, -0.2) is 0 Å². The summed E-state index contributed by atoms with van der Waals surface area (Å²) >= 11 is 0. The highest BCUT2D eigenvalue weighted by atomic mass is 15.2. The lowest BCUT2D eigenvalue weighted by atomic mass is 9.99. The number of hydrogen-bond donors (Lipinski definition) is 0. The van der Waals surface area contributed by atoms with Crippen LogP contribution in [0, 0.1) is 27.7 Å². The van der Waals surface area contributed by atoms with E-state index in [2.05, 4.69) is 232 Å². The van der Waals surface area contributed by atoms with Crippen LogP contribution in [0.2, 0.25) is 0 Å². The third-order valence-electron chi connectivity index (χ3n) is 11.0. The van der Waals surface area contributed by atoms with Gasteiger partial charge in [-0.3, -0.25) is 0 Å². The Morgan fingerprint density at radius 1 is 0.286 bits per heavy atom. The first-order valence-electron chi connectivity index (χ1n) is 19.4. The topological polar surface area (TPSA) is 6.48 Å². The molecule has 0 aliphatic heterocycles. The van der Waals surface area contributed by atoms with Crippen LogP contribution in [0.15, 0.2) is 194 Å². The molecule has 2 nitrogen and oxygen atoms in total. The van der Waals surface area contributed by atoms with E-state index in [9.17, 15) is 0 Å². The van der Waals surface area contributed by atoms with Crippen molar-refractivity contribution in [3.05, 3.63) is 216 Å². The molecule has 2 heteroatoms. The van der Waals surface area contributed by atoms with Gasteiger partial charge in [0.2, 0.25) is 0 Å². The van der Waals surface area contributed by atoms with Gasteiger partial charge >= 0.3 is 0 Å². The second-order valence-electron chi connectivity index (χ2n) is 14.9. The number of benzene rings is 9. The predicted molar refractivity (Wildman–Crippen MR) is 241 cm³/mol. The predicted octanol–water partition coefficient (Wildman–Crippen LogP) is 15.5. The largest absolute Gasteiger partial charge is 0.310 e. The highest BCUT2D eigenvalue weighted by Gasteiger charge is 2.19. The summed E-state index contributed by atoms with van der Waals surface area (Å²) in [7, 11) is 0. The fourth-order valence-electron chi connectivity index (χ4n) is 8.20. The number of hydrogen-bond acceptors (Lipinski definition) is 2. The van der Waals surface area contributed by atoms with E-state index in [1.807, 2.05) is 0 Å². The number of anilines is 6. The van der Waals surface area contributed by atoms with E-state index in [0.29, 0.717) is 0 Å². The molecule has 0 saturated heterocycles. The third-order valence-corrected chi connectivity index (χ3v) is 11.0. The quantitative estimate of drug-likeness (QED) is 0.154. The lowest BCUT2D eigenvalue weighted by molar-refractivity contribution is 1.25. The van der Waals surface area contributed by atoms with Crippen LogP contribution in [0.4, 0.5) is 34.1 Å². The smallest absolute Gasteiger partial charge is 0.0540 e. The number of fused-ring (bicyclic) bond motifs is 2. The van der Waals surface area contributed by atoms with E-state index >= 15 is 0 Å². The minimum atomic E-state index is 1.13. The maximum atomic E-state index is 2.40. The monoisotopic (exact) mass is 720 g/mol. The molecule has 56 heavy (non-hydrogen) atoms. The average molecular weight is 721 g/mol. The Balaban J connectivity index is 1.02. The Morgan fingerprint density at radius 2 is 0.625 bits per heavy atom. The van der Waals surface area contributed by atoms with E-state index in [0.717, 1.165) is 11.4 Å². The summed E-state index contributed by atoms with van der Waals surface area (Å²) in [6.45, 7) is 8.72. The summed E-state index contributed by atoms with van der Waals surface area (Å²) < 4.78 is 0. The highest BCUT2D eigenvalue weighted by Crippen LogP contribution is 2.43. The first kappa shape index (κ1) is 34.8. The zero-order valence-corrected chi connectivity index (χ0v) is 32.4. The third kappa shape index (κ3) is 6.61. The molecule has 0 N–H and O–H groups in total. The molecule has 0 aliphatic rings. The van der Waals surface area contributed by atoms with E-state index in [1.54, 1.807) is 0 Å². The van der Waals surface area contributed by atoms with Gasteiger partial charge in [0.1, 0.15) is 0 Å². The molecule has 0 aromatic heterocycles. The van der Waals surface area contributed by atoms with Crippen LogP contribution in [0.1, 0.15) is 22.3 Å². The average Bonchev–Trinajstić information content (AvgIpc) is 3.23. The molecular formula is C54H44N2. The van der Waals surface area contributed by atoms with E-state index in [4.69, 9.17) is 0 Å². The zero-order valence-electron chi connectivity index (χ0n) is 32.4. The summed E-state index contributed by atoms with van der Waals surface area (Å²) in [5.74, 6) is 0. The molecule has 0 radical (unpaired) electrons. The second-order valence-corrected chi connectivity index (χ2v) is 14.9. The van der Waals surface area contributed by atoms with Gasteiger partial charge in [0, 0.05) is 33.5 Å². The van der Waals surface area contributed by atoms with Crippen LogP contribution < -0.4 is 9.80 Å². The summed E-state index contributed by atoms with van der Waals surface area (Å²) in [5.41, 5.74) is 16.8. The van der Waals surface area contributed by atoms with Crippen LogP contribution in [-0.2, 0) is 0 Å². The van der Waals surface area contributed by atoms with Gasteiger partial charge in [-0.15, -0.1) is 0 Å². The molecule has 0 spiro atoms. The van der Waals surface area contributed by atoms with Crippen molar-refractivity contribution in [2.45, 2.75) is 27.7 Å². The molecule has 0 heterocycles. The van der Waals surface area contributed by atoms with Crippen molar-refractivity contribution in [2.24, 2.45) is 0 Å². The normalized spacial score (nSPS) is 11.2. The summed E-state index contributed by atoms with van der Waals surface area (Å²) in [6.07, 6.45) is 0. The Hall–Kier alpha value is -6.90. The van der Waals surface area contributed by atoms with Gasteiger partial charge in [0.25, 0.3) is 0 Å². The van der Waals surface area contributed by atoms with E-state index < -0.39 is 0 Å². The van der Waals surface area contributed by atoms with Gasteiger partial charge in [-0.25, -0.2) is 0 Å². The van der Waals surface area contributed by atoms with Crippen LogP contribution in [0.3, 0.4) is 0 Å². The molecule has 0 amide bonds. The lowest BCUT2D eigenvalue weighted by Crippen LogP contribution is -2.12. The summed E-state index contributed by atoms with van der Waals surface area (Å²) in [4.78, 5) is 4.80. The van der Waals surface area contributed by atoms with Gasteiger partial charge in [-0.1, -0.05) is 157 Å². The minimum absolute atomic E-state index is 1.13. The van der Waals surface area contributed by atoms with Crippen LogP contribution in [0.5, 0.6) is 0 Å². The fraction of sp³-hybridized carbons (Fsp3) is 0.0741.